The maximum Gasteiger partial charge on any atom is 0.305 e. The number of thioether (sulfide) groups is 1. The molecule has 0 unspecified atom stereocenters. The predicted octanol–water partition coefficient (Wildman–Crippen LogP) is 3.69. The van der Waals surface area contributed by atoms with Gasteiger partial charge in [0, 0.05) is 25.0 Å². The molecule has 1 aromatic carbocycles. The quantitative estimate of drug-likeness (QED) is 0.640. The summed E-state index contributed by atoms with van der Waals surface area (Å²) in [5.74, 6) is 0. The monoisotopic (exact) mass is 296 g/mol. The van der Waals surface area contributed by atoms with E-state index in [0.29, 0.717) is 10.9 Å². The molecule has 0 spiro atoms. The molecular weight excluding hydrogens is 276 g/mol. The van der Waals surface area contributed by atoms with Crippen molar-refractivity contribution in [1.82, 2.24) is 0 Å². The van der Waals surface area contributed by atoms with Gasteiger partial charge in [0.15, 0.2) is 0 Å². The third-order valence-electron chi connectivity index (χ3n) is 3.21. The van der Waals surface area contributed by atoms with Crippen molar-refractivity contribution < 1.29 is 9.66 Å². The summed E-state index contributed by atoms with van der Waals surface area (Å²) < 4.78 is 5.33. The molecule has 1 aromatic rings. The minimum absolute atomic E-state index is 0.206. The van der Waals surface area contributed by atoms with Crippen molar-refractivity contribution in [2.45, 2.75) is 36.3 Å². The second-order valence-electron chi connectivity index (χ2n) is 4.77. The van der Waals surface area contributed by atoms with Gasteiger partial charge in [-0.1, -0.05) is 13.0 Å². The van der Waals surface area contributed by atoms with Crippen LogP contribution in [0, 0.1) is 10.1 Å². The number of benzene rings is 1. The fraction of sp³-hybridized carbons (Fsp3) is 0.571. The van der Waals surface area contributed by atoms with Gasteiger partial charge in [0.1, 0.15) is 5.69 Å². The molecule has 1 heterocycles. The van der Waals surface area contributed by atoms with E-state index in [9.17, 15) is 10.1 Å². The van der Waals surface area contributed by atoms with Crippen molar-refractivity contribution in [2.75, 3.05) is 25.1 Å². The number of nitro benzene ring substituents is 1. The SMILES string of the molecule is CCCNc1cccc(SC2CCOCC2)c1[N+](=O)[O-]. The Morgan fingerprint density at radius 3 is 2.85 bits per heavy atom. The first kappa shape index (κ1) is 15.1. The molecule has 1 N–H and O–H groups in total. The summed E-state index contributed by atoms with van der Waals surface area (Å²) >= 11 is 1.61. The van der Waals surface area contributed by atoms with Crippen LogP contribution in [0.3, 0.4) is 0 Å². The zero-order chi connectivity index (χ0) is 14.4. The Balaban J connectivity index is 2.19. The average Bonchev–Trinajstić information content (AvgIpc) is 2.46. The van der Waals surface area contributed by atoms with Gasteiger partial charge in [0.05, 0.1) is 9.82 Å². The maximum atomic E-state index is 11.4. The molecule has 1 fully saturated rings. The van der Waals surface area contributed by atoms with E-state index in [1.807, 2.05) is 19.1 Å². The highest BCUT2D eigenvalue weighted by Gasteiger charge is 2.23. The lowest BCUT2D eigenvalue weighted by atomic mass is 10.2. The molecule has 1 aliphatic heterocycles. The van der Waals surface area contributed by atoms with E-state index < -0.39 is 0 Å². The minimum atomic E-state index is -0.278. The van der Waals surface area contributed by atoms with Crippen molar-refractivity contribution in [3.8, 4) is 0 Å². The molecule has 1 aliphatic rings. The van der Waals surface area contributed by atoms with Crippen molar-refractivity contribution in [3.63, 3.8) is 0 Å². The zero-order valence-corrected chi connectivity index (χ0v) is 12.4. The Morgan fingerprint density at radius 1 is 1.45 bits per heavy atom. The summed E-state index contributed by atoms with van der Waals surface area (Å²) in [6.07, 6.45) is 2.84. The Bertz CT molecular complexity index is 462. The lowest BCUT2D eigenvalue weighted by Crippen LogP contribution is -2.17. The van der Waals surface area contributed by atoms with Crippen LogP contribution in [0.4, 0.5) is 11.4 Å². The first-order chi connectivity index (χ1) is 9.72. The van der Waals surface area contributed by atoms with Gasteiger partial charge in [0.25, 0.3) is 0 Å². The molecular formula is C14H20N2O3S. The Kier molecular flexibility index (Phi) is 5.67. The summed E-state index contributed by atoms with van der Waals surface area (Å²) in [5.41, 5.74) is 0.825. The summed E-state index contributed by atoms with van der Waals surface area (Å²) in [7, 11) is 0. The van der Waals surface area contributed by atoms with E-state index in [-0.39, 0.29) is 10.6 Å². The van der Waals surface area contributed by atoms with Crippen molar-refractivity contribution >= 4 is 23.1 Å². The topological polar surface area (TPSA) is 64.4 Å². The van der Waals surface area contributed by atoms with Crippen LogP contribution in [-0.4, -0.2) is 29.9 Å². The van der Waals surface area contributed by atoms with Crippen molar-refractivity contribution in [2.24, 2.45) is 0 Å². The summed E-state index contributed by atoms with van der Waals surface area (Å²) in [6.45, 7) is 4.28. The van der Waals surface area contributed by atoms with Crippen LogP contribution in [0.15, 0.2) is 23.1 Å². The Labute approximate surface area is 123 Å². The lowest BCUT2D eigenvalue weighted by Gasteiger charge is -2.21. The third-order valence-corrected chi connectivity index (χ3v) is 4.60. The smallest absolute Gasteiger partial charge is 0.305 e. The average molecular weight is 296 g/mol. The van der Waals surface area contributed by atoms with Crippen molar-refractivity contribution in [3.05, 3.63) is 28.3 Å². The molecule has 2 rings (SSSR count). The highest BCUT2D eigenvalue weighted by Crippen LogP contribution is 2.39. The van der Waals surface area contributed by atoms with E-state index in [2.05, 4.69) is 5.32 Å². The number of hydrogen-bond donors (Lipinski definition) is 1. The molecule has 0 aliphatic carbocycles. The van der Waals surface area contributed by atoms with Gasteiger partial charge in [-0.3, -0.25) is 10.1 Å². The molecule has 0 saturated carbocycles. The zero-order valence-electron chi connectivity index (χ0n) is 11.6. The van der Waals surface area contributed by atoms with Crippen LogP contribution in [-0.2, 0) is 4.74 Å². The number of ether oxygens (including phenoxy) is 1. The highest BCUT2D eigenvalue weighted by molar-refractivity contribution is 8.00. The van der Waals surface area contributed by atoms with Crippen LogP contribution in [0.2, 0.25) is 0 Å². The third kappa shape index (κ3) is 3.86. The summed E-state index contributed by atoms with van der Waals surface area (Å²) in [6, 6.07) is 5.50. The fourth-order valence-electron chi connectivity index (χ4n) is 2.18. The van der Waals surface area contributed by atoms with E-state index in [0.717, 1.165) is 43.9 Å². The van der Waals surface area contributed by atoms with Gasteiger partial charge in [0.2, 0.25) is 0 Å². The number of rotatable bonds is 6. The maximum absolute atomic E-state index is 11.4. The molecule has 6 heteroatoms. The van der Waals surface area contributed by atoms with E-state index in [1.54, 1.807) is 17.8 Å². The normalized spacial score (nSPS) is 16.1. The highest BCUT2D eigenvalue weighted by atomic mass is 32.2. The molecule has 0 aromatic heterocycles. The van der Waals surface area contributed by atoms with Crippen LogP contribution < -0.4 is 5.32 Å². The van der Waals surface area contributed by atoms with Crippen molar-refractivity contribution in [1.29, 1.82) is 0 Å². The fourth-order valence-corrected chi connectivity index (χ4v) is 3.42. The predicted molar refractivity (Wildman–Crippen MR) is 81.6 cm³/mol. The number of nitro groups is 1. The molecule has 1 saturated heterocycles. The summed E-state index contributed by atoms with van der Waals surface area (Å²) in [4.78, 5) is 11.8. The van der Waals surface area contributed by atoms with Crippen LogP contribution >= 0.6 is 11.8 Å². The van der Waals surface area contributed by atoms with Gasteiger partial charge < -0.3 is 10.1 Å². The minimum Gasteiger partial charge on any atom is -0.381 e. The number of nitrogens with zero attached hydrogens (tertiary/aromatic N) is 1. The van der Waals surface area contributed by atoms with Crippen LogP contribution in [0.25, 0.3) is 0 Å². The second-order valence-corrected chi connectivity index (χ2v) is 6.11. The molecule has 0 radical (unpaired) electrons. The number of anilines is 1. The largest absolute Gasteiger partial charge is 0.381 e. The molecule has 5 nitrogen and oxygen atoms in total. The molecule has 0 bridgehead atoms. The lowest BCUT2D eigenvalue weighted by molar-refractivity contribution is -0.386. The van der Waals surface area contributed by atoms with Crippen LogP contribution in [0.5, 0.6) is 0 Å². The van der Waals surface area contributed by atoms with Crippen LogP contribution in [0.1, 0.15) is 26.2 Å². The van der Waals surface area contributed by atoms with Gasteiger partial charge in [-0.2, -0.15) is 0 Å². The molecule has 20 heavy (non-hydrogen) atoms. The van der Waals surface area contributed by atoms with Gasteiger partial charge in [-0.25, -0.2) is 0 Å². The molecule has 0 amide bonds. The Hall–Kier alpha value is -1.27. The van der Waals surface area contributed by atoms with Gasteiger partial charge >= 0.3 is 5.69 Å². The van der Waals surface area contributed by atoms with E-state index in [1.165, 1.54) is 0 Å². The molecule has 0 atom stereocenters. The number of nitrogens with one attached hydrogen (secondary N) is 1. The second kappa shape index (κ2) is 7.50. The molecule has 110 valence electrons. The van der Waals surface area contributed by atoms with E-state index >= 15 is 0 Å². The van der Waals surface area contributed by atoms with E-state index in [4.69, 9.17) is 4.74 Å². The van der Waals surface area contributed by atoms with Gasteiger partial charge in [-0.15, -0.1) is 11.8 Å². The first-order valence-electron chi connectivity index (χ1n) is 6.98. The number of hydrogen-bond acceptors (Lipinski definition) is 5. The van der Waals surface area contributed by atoms with Gasteiger partial charge in [-0.05, 0) is 31.4 Å². The summed E-state index contributed by atoms with van der Waals surface area (Å²) in [5, 5.41) is 14.9. The standard InChI is InChI=1S/C14H20N2O3S/c1-2-8-15-12-4-3-5-13(14(12)16(17)18)20-11-6-9-19-10-7-11/h3-5,11,15H,2,6-10H2,1H3. The first-order valence-corrected chi connectivity index (χ1v) is 7.86. The Morgan fingerprint density at radius 2 is 2.20 bits per heavy atom. The number of para-hydroxylation sites is 1.